The predicted molar refractivity (Wildman–Crippen MR) is 114 cm³/mol. The van der Waals surface area contributed by atoms with Crippen LogP contribution in [0.3, 0.4) is 0 Å². The zero-order chi connectivity index (χ0) is 21.8. The van der Waals surface area contributed by atoms with E-state index in [2.05, 4.69) is 5.32 Å². The van der Waals surface area contributed by atoms with Crippen LogP contribution >= 0.6 is 11.3 Å². The molecule has 2 atom stereocenters. The number of carboxylic acid groups (broad SMARTS) is 1. The van der Waals surface area contributed by atoms with E-state index in [9.17, 15) is 19.5 Å². The van der Waals surface area contributed by atoms with Crippen LogP contribution in [-0.2, 0) is 14.3 Å². The van der Waals surface area contributed by atoms with E-state index in [1.54, 1.807) is 19.1 Å². The molecule has 1 aliphatic carbocycles. The largest absolute Gasteiger partial charge is 0.550 e. The molecule has 3 rings (SSSR count). The van der Waals surface area contributed by atoms with Crippen molar-refractivity contribution in [2.24, 2.45) is 11.8 Å². The number of thiophene rings is 1. The summed E-state index contributed by atoms with van der Waals surface area (Å²) in [6.07, 6.45) is 4.11. The minimum atomic E-state index is -1.24. The van der Waals surface area contributed by atoms with Gasteiger partial charge in [-0.05, 0) is 50.3 Å². The Hall–Kier alpha value is -2.93. The summed E-state index contributed by atoms with van der Waals surface area (Å²) in [5.74, 6) is -3.84. The van der Waals surface area contributed by atoms with Crippen LogP contribution < -0.4 is 10.4 Å². The topological polar surface area (TPSA) is 95.5 Å². The van der Waals surface area contributed by atoms with E-state index in [0.717, 1.165) is 16.7 Å². The van der Waals surface area contributed by atoms with Gasteiger partial charge in [-0.3, -0.25) is 4.79 Å². The molecular weight excluding hydrogens is 402 g/mol. The summed E-state index contributed by atoms with van der Waals surface area (Å²) < 4.78 is 5.23. The molecule has 158 valence electrons. The molecule has 1 aliphatic rings. The van der Waals surface area contributed by atoms with Gasteiger partial charge in [-0.25, -0.2) is 4.79 Å². The summed E-state index contributed by atoms with van der Waals surface area (Å²) in [4.78, 5) is 37.0. The van der Waals surface area contributed by atoms with Gasteiger partial charge in [0.25, 0.3) is 0 Å². The van der Waals surface area contributed by atoms with Gasteiger partial charge in [0.15, 0.2) is 0 Å². The minimum absolute atomic E-state index is 0.203. The summed E-state index contributed by atoms with van der Waals surface area (Å²) >= 11 is 1.22. The number of carbonyl (C=O) groups excluding carboxylic acids is 3. The van der Waals surface area contributed by atoms with E-state index in [-0.39, 0.29) is 18.6 Å². The zero-order valence-electron chi connectivity index (χ0n) is 17.2. The first-order valence-corrected chi connectivity index (χ1v) is 10.7. The number of esters is 1. The van der Waals surface area contributed by atoms with Crippen LogP contribution in [0.4, 0.5) is 5.00 Å². The van der Waals surface area contributed by atoms with Crippen molar-refractivity contribution in [3.05, 3.63) is 52.4 Å². The zero-order valence-corrected chi connectivity index (χ0v) is 18.0. The molecule has 0 radical (unpaired) electrons. The average Bonchev–Trinajstić information content (AvgIpc) is 3.13. The van der Waals surface area contributed by atoms with Crippen molar-refractivity contribution in [2.45, 2.75) is 33.6 Å². The summed E-state index contributed by atoms with van der Waals surface area (Å²) in [7, 11) is 0. The standard InChI is InChI=1S/C23H25NO5S/c1-4-29-23(28)19-18(15-10-9-13(2)14(3)11-15)12-30-21(19)24-20(25)16-7-5-6-8-17(16)22(26)27/h5-6,9-12,16-17H,4,7-8H2,1-3H3,(H,24,25)(H,26,27)/p-1/t16-,17-/m0/s1. The fraction of sp³-hybridized carbons (Fsp3) is 0.348. The molecule has 2 aromatic rings. The number of amides is 1. The Morgan fingerprint density at radius 1 is 1.13 bits per heavy atom. The fourth-order valence-electron chi connectivity index (χ4n) is 3.55. The Kier molecular flexibility index (Phi) is 6.72. The third-order valence-electron chi connectivity index (χ3n) is 5.40. The van der Waals surface area contributed by atoms with Crippen LogP contribution in [0, 0.1) is 25.7 Å². The number of benzene rings is 1. The number of nitrogens with one attached hydrogen (secondary N) is 1. The van der Waals surface area contributed by atoms with Crippen LogP contribution in [-0.4, -0.2) is 24.5 Å². The predicted octanol–water partition coefficient (Wildman–Crippen LogP) is 3.48. The highest BCUT2D eigenvalue weighted by Gasteiger charge is 2.31. The van der Waals surface area contributed by atoms with E-state index >= 15 is 0 Å². The summed E-state index contributed by atoms with van der Waals surface area (Å²) in [6.45, 7) is 5.93. The molecule has 0 bridgehead atoms. The summed E-state index contributed by atoms with van der Waals surface area (Å²) in [6, 6.07) is 5.90. The molecule has 0 fully saturated rings. The van der Waals surface area contributed by atoms with Gasteiger partial charge in [0.1, 0.15) is 10.6 Å². The number of carboxylic acids is 1. The molecule has 7 heteroatoms. The van der Waals surface area contributed by atoms with E-state index < -0.39 is 29.7 Å². The molecule has 30 heavy (non-hydrogen) atoms. The highest BCUT2D eigenvalue weighted by Crippen LogP contribution is 2.38. The lowest BCUT2D eigenvalue weighted by Crippen LogP contribution is -2.41. The number of aryl methyl sites for hydroxylation is 2. The lowest BCUT2D eigenvalue weighted by Gasteiger charge is -2.28. The second kappa shape index (κ2) is 9.26. The Bertz CT molecular complexity index is 1010. The molecule has 1 aromatic carbocycles. The quantitative estimate of drug-likeness (QED) is 0.564. The molecule has 0 saturated carbocycles. The van der Waals surface area contributed by atoms with Crippen LogP contribution in [0.2, 0.25) is 0 Å². The van der Waals surface area contributed by atoms with Crippen LogP contribution in [0.5, 0.6) is 0 Å². The van der Waals surface area contributed by atoms with Crippen molar-refractivity contribution in [2.75, 3.05) is 11.9 Å². The fourth-order valence-corrected chi connectivity index (χ4v) is 4.51. The third-order valence-corrected chi connectivity index (χ3v) is 6.29. The average molecular weight is 427 g/mol. The van der Waals surface area contributed by atoms with E-state index in [0.29, 0.717) is 17.0 Å². The number of carbonyl (C=O) groups is 3. The van der Waals surface area contributed by atoms with Gasteiger partial charge >= 0.3 is 5.97 Å². The number of ether oxygens (including phenoxy) is 1. The van der Waals surface area contributed by atoms with Gasteiger partial charge in [-0.15, -0.1) is 11.3 Å². The number of rotatable bonds is 6. The third kappa shape index (κ3) is 4.46. The molecular formula is C23H24NO5S-. The first kappa shape index (κ1) is 21.8. The van der Waals surface area contributed by atoms with Crippen molar-refractivity contribution >= 4 is 34.2 Å². The smallest absolute Gasteiger partial charge is 0.341 e. The van der Waals surface area contributed by atoms with Crippen molar-refractivity contribution in [3.63, 3.8) is 0 Å². The van der Waals surface area contributed by atoms with E-state index in [1.165, 1.54) is 11.3 Å². The van der Waals surface area contributed by atoms with Gasteiger partial charge in [-0.2, -0.15) is 0 Å². The first-order valence-electron chi connectivity index (χ1n) is 9.86. The molecule has 1 aromatic heterocycles. The molecule has 6 nitrogen and oxygen atoms in total. The van der Waals surface area contributed by atoms with Gasteiger partial charge < -0.3 is 20.0 Å². The summed E-state index contributed by atoms with van der Waals surface area (Å²) in [5.41, 5.74) is 4.04. The van der Waals surface area contributed by atoms with Crippen molar-refractivity contribution in [1.29, 1.82) is 0 Å². The highest BCUT2D eigenvalue weighted by atomic mass is 32.1. The molecule has 1 heterocycles. The molecule has 0 spiro atoms. The van der Waals surface area contributed by atoms with Crippen LogP contribution in [0.1, 0.15) is 41.3 Å². The van der Waals surface area contributed by atoms with Gasteiger partial charge in [0, 0.05) is 22.8 Å². The van der Waals surface area contributed by atoms with Gasteiger partial charge in [0.05, 0.1) is 12.5 Å². The maximum absolute atomic E-state index is 12.9. The summed E-state index contributed by atoms with van der Waals surface area (Å²) in [5, 5.41) is 16.4. The SMILES string of the molecule is CCOC(=O)c1c(-c2ccc(C)c(C)c2)csc1NC(=O)[C@H]1CC=CC[C@@H]1C(=O)[O-]. The Morgan fingerprint density at radius 3 is 2.47 bits per heavy atom. The first-order chi connectivity index (χ1) is 14.3. The number of aliphatic carboxylic acids is 1. The Balaban J connectivity index is 1.96. The van der Waals surface area contributed by atoms with Crippen LogP contribution in [0.25, 0.3) is 11.1 Å². The molecule has 0 saturated heterocycles. The molecule has 1 N–H and O–H groups in total. The maximum Gasteiger partial charge on any atom is 0.341 e. The van der Waals surface area contributed by atoms with Crippen molar-refractivity contribution in [3.8, 4) is 11.1 Å². The molecule has 0 aliphatic heterocycles. The lowest BCUT2D eigenvalue weighted by atomic mass is 9.82. The van der Waals surface area contributed by atoms with Crippen LogP contribution in [0.15, 0.2) is 35.7 Å². The Morgan fingerprint density at radius 2 is 1.83 bits per heavy atom. The van der Waals surface area contributed by atoms with Gasteiger partial charge in [0.2, 0.25) is 5.91 Å². The number of hydrogen-bond acceptors (Lipinski definition) is 6. The van der Waals surface area contributed by atoms with Crippen molar-refractivity contribution in [1.82, 2.24) is 0 Å². The van der Waals surface area contributed by atoms with E-state index in [1.807, 2.05) is 37.4 Å². The monoisotopic (exact) mass is 426 g/mol. The normalized spacial score (nSPS) is 18.1. The second-order valence-corrected chi connectivity index (χ2v) is 8.22. The molecule has 1 amide bonds. The lowest BCUT2D eigenvalue weighted by molar-refractivity contribution is -0.313. The molecule has 0 unspecified atom stereocenters. The van der Waals surface area contributed by atoms with E-state index in [4.69, 9.17) is 4.74 Å². The second-order valence-electron chi connectivity index (χ2n) is 7.34. The van der Waals surface area contributed by atoms with Gasteiger partial charge in [-0.1, -0.05) is 30.4 Å². The Labute approximate surface area is 179 Å². The maximum atomic E-state index is 12.9. The minimum Gasteiger partial charge on any atom is -0.550 e. The van der Waals surface area contributed by atoms with Crippen molar-refractivity contribution < 1.29 is 24.2 Å². The highest BCUT2D eigenvalue weighted by molar-refractivity contribution is 7.15. The number of allylic oxidation sites excluding steroid dienone is 2. The number of anilines is 1. The number of hydrogen-bond donors (Lipinski definition) is 1.